The predicted octanol–water partition coefficient (Wildman–Crippen LogP) is 2.90. The maximum atomic E-state index is 4.30. The molecule has 0 radical (unpaired) electrons. The highest BCUT2D eigenvalue weighted by molar-refractivity contribution is 5.37. The fourth-order valence-corrected chi connectivity index (χ4v) is 1.74. The maximum absolute atomic E-state index is 4.30. The van der Waals surface area contributed by atoms with Gasteiger partial charge in [-0.3, -0.25) is 4.68 Å². The Morgan fingerprint density at radius 3 is 2.75 bits per heavy atom. The second-order valence-corrected chi connectivity index (χ2v) is 4.15. The molecule has 0 amide bonds. The SMILES string of the molecule is Cc1cccc(C(C)Nc2ccn(C)n2)c1. The van der Waals surface area contributed by atoms with Gasteiger partial charge < -0.3 is 5.32 Å². The van der Waals surface area contributed by atoms with Gasteiger partial charge in [-0.2, -0.15) is 5.10 Å². The van der Waals surface area contributed by atoms with Crippen molar-refractivity contribution >= 4 is 5.82 Å². The van der Waals surface area contributed by atoms with Gasteiger partial charge in [0.15, 0.2) is 0 Å². The average Bonchev–Trinajstić information content (AvgIpc) is 2.64. The zero-order chi connectivity index (χ0) is 11.5. The Kier molecular flexibility index (Phi) is 2.95. The van der Waals surface area contributed by atoms with Crippen molar-refractivity contribution in [2.75, 3.05) is 5.32 Å². The normalized spacial score (nSPS) is 12.4. The molecule has 0 saturated carbocycles. The van der Waals surface area contributed by atoms with Crippen LogP contribution in [0.15, 0.2) is 36.5 Å². The molecule has 1 aromatic carbocycles. The summed E-state index contributed by atoms with van der Waals surface area (Å²) in [6.07, 6.45) is 1.94. The number of hydrogen-bond donors (Lipinski definition) is 1. The standard InChI is InChI=1S/C13H17N3/c1-10-5-4-6-12(9-10)11(2)14-13-7-8-16(3)15-13/h4-9,11H,1-3H3,(H,14,15). The second-order valence-electron chi connectivity index (χ2n) is 4.15. The molecule has 1 heterocycles. The van der Waals surface area contributed by atoms with Gasteiger partial charge >= 0.3 is 0 Å². The van der Waals surface area contributed by atoms with Gasteiger partial charge in [-0.05, 0) is 19.4 Å². The lowest BCUT2D eigenvalue weighted by atomic mass is 10.1. The first-order valence-electron chi connectivity index (χ1n) is 5.48. The molecule has 0 aliphatic heterocycles. The highest BCUT2D eigenvalue weighted by atomic mass is 15.3. The summed E-state index contributed by atoms with van der Waals surface area (Å²) in [4.78, 5) is 0. The summed E-state index contributed by atoms with van der Waals surface area (Å²) in [6.45, 7) is 4.25. The zero-order valence-corrected chi connectivity index (χ0v) is 9.94. The highest BCUT2D eigenvalue weighted by Gasteiger charge is 2.06. The number of aryl methyl sites for hydroxylation is 2. The quantitative estimate of drug-likeness (QED) is 0.853. The molecule has 3 heteroatoms. The van der Waals surface area contributed by atoms with E-state index in [-0.39, 0.29) is 6.04 Å². The first kappa shape index (κ1) is 10.7. The minimum atomic E-state index is 0.273. The zero-order valence-electron chi connectivity index (χ0n) is 9.94. The van der Waals surface area contributed by atoms with Crippen molar-refractivity contribution in [3.05, 3.63) is 47.7 Å². The topological polar surface area (TPSA) is 29.9 Å². The van der Waals surface area contributed by atoms with Crippen molar-refractivity contribution in [1.82, 2.24) is 9.78 Å². The van der Waals surface area contributed by atoms with Gasteiger partial charge in [0.2, 0.25) is 0 Å². The summed E-state index contributed by atoms with van der Waals surface area (Å²) in [6, 6.07) is 10.8. The van der Waals surface area contributed by atoms with Gasteiger partial charge in [0.05, 0.1) is 6.04 Å². The van der Waals surface area contributed by atoms with E-state index in [0.717, 1.165) is 5.82 Å². The fraction of sp³-hybridized carbons (Fsp3) is 0.308. The Balaban J connectivity index is 2.11. The van der Waals surface area contributed by atoms with Crippen LogP contribution in [0.3, 0.4) is 0 Å². The fourth-order valence-electron chi connectivity index (χ4n) is 1.74. The molecular formula is C13H17N3. The summed E-state index contributed by atoms with van der Waals surface area (Å²) in [7, 11) is 1.92. The third-order valence-electron chi connectivity index (χ3n) is 2.62. The number of aromatic nitrogens is 2. The van der Waals surface area contributed by atoms with E-state index >= 15 is 0 Å². The summed E-state index contributed by atoms with van der Waals surface area (Å²) >= 11 is 0. The summed E-state index contributed by atoms with van der Waals surface area (Å²) in [5.41, 5.74) is 2.57. The van der Waals surface area contributed by atoms with Gasteiger partial charge in [0.25, 0.3) is 0 Å². The van der Waals surface area contributed by atoms with E-state index < -0.39 is 0 Å². The van der Waals surface area contributed by atoms with Crippen molar-refractivity contribution in [2.45, 2.75) is 19.9 Å². The summed E-state index contributed by atoms with van der Waals surface area (Å²) in [5, 5.41) is 7.68. The average molecular weight is 215 g/mol. The van der Waals surface area contributed by atoms with E-state index in [2.05, 4.69) is 48.5 Å². The maximum Gasteiger partial charge on any atom is 0.148 e. The number of anilines is 1. The van der Waals surface area contributed by atoms with Crippen molar-refractivity contribution in [3.8, 4) is 0 Å². The molecule has 0 aliphatic carbocycles. The largest absolute Gasteiger partial charge is 0.362 e. The van der Waals surface area contributed by atoms with Crippen LogP contribution < -0.4 is 5.32 Å². The Morgan fingerprint density at radius 2 is 2.12 bits per heavy atom. The molecule has 3 nitrogen and oxygen atoms in total. The van der Waals surface area contributed by atoms with E-state index in [9.17, 15) is 0 Å². The van der Waals surface area contributed by atoms with E-state index in [1.54, 1.807) is 4.68 Å². The molecule has 1 aromatic heterocycles. The summed E-state index contributed by atoms with van der Waals surface area (Å²) in [5.74, 6) is 0.913. The van der Waals surface area contributed by atoms with Crippen LogP contribution in [0.1, 0.15) is 24.1 Å². The van der Waals surface area contributed by atoms with Gasteiger partial charge in [0, 0.05) is 19.3 Å². The predicted molar refractivity (Wildman–Crippen MR) is 66.4 cm³/mol. The van der Waals surface area contributed by atoms with E-state index in [0.29, 0.717) is 0 Å². The number of rotatable bonds is 3. The third kappa shape index (κ3) is 2.42. The van der Waals surface area contributed by atoms with E-state index in [1.165, 1.54) is 11.1 Å². The van der Waals surface area contributed by atoms with Crippen LogP contribution in [0.5, 0.6) is 0 Å². The molecule has 16 heavy (non-hydrogen) atoms. The van der Waals surface area contributed by atoms with Crippen molar-refractivity contribution in [3.63, 3.8) is 0 Å². The molecule has 84 valence electrons. The molecule has 0 bridgehead atoms. The number of nitrogens with zero attached hydrogens (tertiary/aromatic N) is 2. The van der Waals surface area contributed by atoms with Crippen molar-refractivity contribution < 1.29 is 0 Å². The molecule has 1 atom stereocenters. The lowest BCUT2D eigenvalue weighted by molar-refractivity contribution is 0.760. The lowest BCUT2D eigenvalue weighted by Crippen LogP contribution is -2.07. The highest BCUT2D eigenvalue weighted by Crippen LogP contribution is 2.18. The van der Waals surface area contributed by atoms with Crippen molar-refractivity contribution in [2.24, 2.45) is 7.05 Å². The lowest BCUT2D eigenvalue weighted by Gasteiger charge is -2.13. The molecule has 0 aliphatic rings. The molecule has 0 fully saturated rings. The second kappa shape index (κ2) is 4.39. The Bertz CT molecular complexity index is 474. The Hall–Kier alpha value is -1.77. The van der Waals surface area contributed by atoms with Crippen LogP contribution in [0.25, 0.3) is 0 Å². The summed E-state index contributed by atoms with van der Waals surface area (Å²) < 4.78 is 1.80. The Labute approximate surface area is 96.1 Å². The van der Waals surface area contributed by atoms with Gasteiger partial charge in [-0.1, -0.05) is 29.8 Å². The molecule has 1 N–H and O–H groups in total. The number of benzene rings is 1. The third-order valence-corrected chi connectivity index (χ3v) is 2.62. The first-order chi connectivity index (χ1) is 7.65. The molecule has 1 unspecified atom stereocenters. The molecular weight excluding hydrogens is 198 g/mol. The molecule has 2 aromatic rings. The van der Waals surface area contributed by atoms with Gasteiger partial charge in [-0.25, -0.2) is 0 Å². The monoisotopic (exact) mass is 215 g/mol. The minimum Gasteiger partial charge on any atom is -0.362 e. The van der Waals surface area contributed by atoms with Gasteiger partial charge in [0.1, 0.15) is 5.82 Å². The van der Waals surface area contributed by atoms with Crippen LogP contribution >= 0.6 is 0 Å². The number of hydrogen-bond acceptors (Lipinski definition) is 2. The molecule has 2 rings (SSSR count). The van der Waals surface area contributed by atoms with Crippen LogP contribution in [-0.2, 0) is 7.05 Å². The van der Waals surface area contributed by atoms with E-state index in [1.807, 2.05) is 19.3 Å². The van der Waals surface area contributed by atoms with Crippen LogP contribution in [0.2, 0.25) is 0 Å². The van der Waals surface area contributed by atoms with Crippen LogP contribution in [0.4, 0.5) is 5.82 Å². The van der Waals surface area contributed by atoms with Crippen LogP contribution in [-0.4, -0.2) is 9.78 Å². The van der Waals surface area contributed by atoms with Crippen molar-refractivity contribution in [1.29, 1.82) is 0 Å². The van der Waals surface area contributed by atoms with Gasteiger partial charge in [-0.15, -0.1) is 0 Å². The van der Waals surface area contributed by atoms with E-state index in [4.69, 9.17) is 0 Å². The first-order valence-corrected chi connectivity index (χ1v) is 5.48. The number of nitrogens with one attached hydrogen (secondary N) is 1. The molecule has 0 saturated heterocycles. The molecule has 0 spiro atoms. The minimum absolute atomic E-state index is 0.273. The Morgan fingerprint density at radius 1 is 1.31 bits per heavy atom. The van der Waals surface area contributed by atoms with Crippen LogP contribution in [0, 0.1) is 6.92 Å². The smallest absolute Gasteiger partial charge is 0.148 e.